The monoisotopic (exact) mass is 297 g/mol. The van der Waals surface area contributed by atoms with Crippen LogP contribution in [0.4, 0.5) is 15.8 Å². The Kier molecular flexibility index (Phi) is 3.50. The number of pyridine rings is 1. The van der Waals surface area contributed by atoms with Crippen LogP contribution >= 0.6 is 12.2 Å². The van der Waals surface area contributed by atoms with Crippen molar-refractivity contribution in [2.45, 2.75) is 0 Å². The first kappa shape index (κ1) is 13.5. The number of rotatable bonds is 3. The van der Waals surface area contributed by atoms with Gasteiger partial charge in [-0.3, -0.25) is 4.98 Å². The minimum absolute atomic E-state index is 0.0260. The van der Waals surface area contributed by atoms with E-state index in [2.05, 4.69) is 10.3 Å². The molecule has 0 radical (unpaired) electrons. The maximum atomic E-state index is 13.8. The average molecular weight is 297 g/mol. The molecule has 0 saturated carbocycles. The molecule has 0 atom stereocenters. The van der Waals surface area contributed by atoms with Gasteiger partial charge in [0.2, 0.25) is 0 Å². The molecule has 0 saturated heterocycles. The summed E-state index contributed by atoms with van der Waals surface area (Å²) in [6, 6.07) is 14.2. The number of halogens is 1. The summed E-state index contributed by atoms with van der Waals surface area (Å²) in [6.07, 6.45) is 1.74. The number of hydrogen-bond acceptors (Lipinski definition) is 3. The summed E-state index contributed by atoms with van der Waals surface area (Å²) in [7, 11) is 0. The summed E-state index contributed by atoms with van der Waals surface area (Å²) in [5.41, 5.74) is 8.09. The van der Waals surface area contributed by atoms with Crippen molar-refractivity contribution in [1.82, 2.24) is 4.98 Å². The van der Waals surface area contributed by atoms with Crippen molar-refractivity contribution in [2.24, 2.45) is 5.73 Å². The Morgan fingerprint density at radius 2 is 2.00 bits per heavy atom. The van der Waals surface area contributed by atoms with E-state index in [9.17, 15) is 4.39 Å². The van der Waals surface area contributed by atoms with Crippen LogP contribution in [0.1, 0.15) is 5.56 Å². The second kappa shape index (κ2) is 5.46. The van der Waals surface area contributed by atoms with Gasteiger partial charge in [0.1, 0.15) is 10.8 Å². The molecule has 1 heterocycles. The van der Waals surface area contributed by atoms with Crippen LogP contribution < -0.4 is 11.1 Å². The maximum Gasteiger partial charge on any atom is 0.135 e. The minimum atomic E-state index is -0.435. The number of nitrogens with zero attached hydrogens (tertiary/aromatic N) is 1. The van der Waals surface area contributed by atoms with Crippen molar-refractivity contribution >= 4 is 39.5 Å². The van der Waals surface area contributed by atoms with E-state index in [4.69, 9.17) is 18.0 Å². The molecular formula is C16H12FN3S. The molecule has 3 N–H and O–H groups in total. The Bertz CT molecular complexity index is 833. The third-order valence-electron chi connectivity index (χ3n) is 3.14. The van der Waals surface area contributed by atoms with E-state index in [0.717, 1.165) is 16.6 Å². The molecule has 3 nitrogen and oxygen atoms in total. The second-order valence-electron chi connectivity index (χ2n) is 4.56. The number of hydrogen-bond donors (Lipinski definition) is 2. The predicted octanol–water partition coefficient (Wildman–Crippen LogP) is 3.75. The van der Waals surface area contributed by atoms with Gasteiger partial charge in [-0.05, 0) is 36.4 Å². The summed E-state index contributed by atoms with van der Waals surface area (Å²) in [5, 5.41) is 4.15. The summed E-state index contributed by atoms with van der Waals surface area (Å²) >= 11 is 4.92. The highest BCUT2D eigenvalue weighted by Gasteiger charge is 2.11. The lowest BCUT2D eigenvalue weighted by atomic mass is 10.1. The van der Waals surface area contributed by atoms with Crippen molar-refractivity contribution in [3.05, 3.63) is 66.1 Å². The zero-order valence-electron chi connectivity index (χ0n) is 11.0. The fourth-order valence-electron chi connectivity index (χ4n) is 2.19. The van der Waals surface area contributed by atoms with Gasteiger partial charge in [-0.2, -0.15) is 0 Å². The van der Waals surface area contributed by atoms with Crippen LogP contribution in [0.5, 0.6) is 0 Å². The zero-order chi connectivity index (χ0) is 14.8. The van der Waals surface area contributed by atoms with Crippen LogP contribution in [-0.2, 0) is 0 Å². The molecule has 2 aromatic carbocycles. The van der Waals surface area contributed by atoms with Crippen LogP contribution in [0.2, 0.25) is 0 Å². The van der Waals surface area contributed by atoms with Gasteiger partial charge < -0.3 is 11.1 Å². The summed E-state index contributed by atoms with van der Waals surface area (Å²) in [6.45, 7) is 0. The molecule has 0 bridgehead atoms. The lowest BCUT2D eigenvalue weighted by molar-refractivity contribution is 0.626. The van der Waals surface area contributed by atoms with Crippen LogP contribution in [0.3, 0.4) is 0 Å². The molecule has 0 aliphatic carbocycles. The quantitative estimate of drug-likeness (QED) is 0.723. The standard InChI is InChI=1S/C16H12FN3S/c17-12-4-1-5-14(15(12)16(18)21)20-11-6-7-13-10(9-11)3-2-8-19-13/h1-9,20H,(H2,18,21). The zero-order valence-corrected chi connectivity index (χ0v) is 11.8. The van der Waals surface area contributed by atoms with E-state index < -0.39 is 5.82 Å². The van der Waals surface area contributed by atoms with Gasteiger partial charge in [0.25, 0.3) is 0 Å². The molecule has 0 fully saturated rings. The molecule has 3 rings (SSSR count). The Morgan fingerprint density at radius 1 is 1.14 bits per heavy atom. The highest BCUT2D eigenvalue weighted by molar-refractivity contribution is 7.80. The maximum absolute atomic E-state index is 13.8. The first-order valence-corrected chi connectivity index (χ1v) is 6.76. The SMILES string of the molecule is NC(=S)c1c(F)cccc1Nc1ccc2ncccc2c1. The summed E-state index contributed by atoms with van der Waals surface area (Å²) in [5.74, 6) is -0.435. The largest absolute Gasteiger partial charge is 0.389 e. The van der Waals surface area contributed by atoms with Crippen LogP contribution in [0.25, 0.3) is 10.9 Å². The molecule has 0 amide bonds. The Hall–Kier alpha value is -2.53. The van der Waals surface area contributed by atoms with E-state index in [1.807, 2.05) is 30.3 Å². The first-order valence-electron chi connectivity index (χ1n) is 6.35. The number of nitrogens with one attached hydrogen (secondary N) is 1. The van der Waals surface area contributed by atoms with E-state index in [1.165, 1.54) is 6.07 Å². The van der Waals surface area contributed by atoms with Gasteiger partial charge in [0.05, 0.1) is 16.8 Å². The molecule has 21 heavy (non-hydrogen) atoms. The molecule has 5 heteroatoms. The lowest BCUT2D eigenvalue weighted by Crippen LogP contribution is -2.14. The summed E-state index contributed by atoms with van der Waals surface area (Å²) < 4.78 is 13.8. The number of aromatic nitrogens is 1. The second-order valence-corrected chi connectivity index (χ2v) is 5.00. The number of nitrogens with two attached hydrogens (primary N) is 1. The van der Waals surface area contributed by atoms with Crippen molar-refractivity contribution in [2.75, 3.05) is 5.32 Å². The van der Waals surface area contributed by atoms with Crippen LogP contribution in [0.15, 0.2) is 54.7 Å². The van der Waals surface area contributed by atoms with E-state index in [-0.39, 0.29) is 10.6 Å². The topological polar surface area (TPSA) is 50.9 Å². The average Bonchev–Trinajstić information content (AvgIpc) is 2.47. The number of anilines is 2. The van der Waals surface area contributed by atoms with Crippen LogP contribution in [0, 0.1) is 5.82 Å². The number of fused-ring (bicyclic) bond motifs is 1. The highest BCUT2D eigenvalue weighted by atomic mass is 32.1. The van der Waals surface area contributed by atoms with Crippen LogP contribution in [-0.4, -0.2) is 9.97 Å². The number of thiocarbonyl (C=S) groups is 1. The van der Waals surface area contributed by atoms with E-state index >= 15 is 0 Å². The Morgan fingerprint density at radius 3 is 2.81 bits per heavy atom. The molecule has 0 spiro atoms. The van der Waals surface area contributed by atoms with Crippen molar-refractivity contribution in [3.8, 4) is 0 Å². The number of benzene rings is 2. The fraction of sp³-hybridized carbons (Fsp3) is 0. The Labute approximate surface area is 126 Å². The third kappa shape index (κ3) is 2.68. The minimum Gasteiger partial charge on any atom is -0.389 e. The smallest absolute Gasteiger partial charge is 0.135 e. The summed E-state index contributed by atoms with van der Waals surface area (Å²) in [4.78, 5) is 4.29. The fourth-order valence-corrected chi connectivity index (χ4v) is 2.40. The molecule has 0 aliphatic heterocycles. The first-order chi connectivity index (χ1) is 10.1. The normalized spacial score (nSPS) is 10.5. The van der Waals surface area contributed by atoms with Gasteiger partial charge in [-0.1, -0.05) is 24.4 Å². The highest BCUT2D eigenvalue weighted by Crippen LogP contribution is 2.25. The molecule has 1 aromatic heterocycles. The molecule has 0 aliphatic rings. The van der Waals surface area contributed by atoms with Crippen molar-refractivity contribution in [3.63, 3.8) is 0 Å². The van der Waals surface area contributed by atoms with Crippen molar-refractivity contribution in [1.29, 1.82) is 0 Å². The van der Waals surface area contributed by atoms with Gasteiger partial charge in [0, 0.05) is 17.3 Å². The van der Waals surface area contributed by atoms with Gasteiger partial charge in [-0.15, -0.1) is 0 Å². The third-order valence-corrected chi connectivity index (χ3v) is 3.35. The van der Waals surface area contributed by atoms with E-state index in [1.54, 1.807) is 18.3 Å². The predicted molar refractivity (Wildman–Crippen MR) is 87.3 cm³/mol. The molecule has 3 aromatic rings. The molecule has 104 valence electrons. The molecular weight excluding hydrogens is 285 g/mol. The van der Waals surface area contributed by atoms with Gasteiger partial charge in [0.15, 0.2) is 0 Å². The Balaban J connectivity index is 2.02. The van der Waals surface area contributed by atoms with E-state index in [0.29, 0.717) is 5.69 Å². The van der Waals surface area contributed by atoms with Gasteiger partial charge >= 0.3 is 0 Å². The van der Waals surface area contributed by atoms with Crippen molar-refractivity contribution < 1.29 is 4.39 Å². The van der Waals surface area contributed by atoms with Gasteiger partial charge in [-0.25, -0.2) is 4.39 Å². The molecule has 0 unspecified atom stereocenters. The lowest BCUT2D eigenvalue weighted by Gasteiger charge is -2.12.